The SMILES string of the molecule is C[C@]12C[C@H]1CCC[C@@H]2OC(=O)c1cc([N+](=O)[O-])cc([N+](=O)[O-])c1. The number of esters is 1. The Balaban J connectivity index is 1.84. The summed E-state index contributed by atoms with van der Waals surface area (Å²) in [5.41, 5.74) is -1.16. The lowest BCUT2D eigenvalue weighted by Gasteiger charge is -2.28. The van der Waals surface area contributed by atoms with Crippen LogP contribution < -0.4 is 0 Å². The normalized spacial score (nSPS) is 28.6. The second kappa shape index (κ2) is 5.29. The maximum atomic E-state index is 12.3. The molecule has 2 aliphatic rings. The molecule has 1 aromatic rings. The number of hydrogen-bond donors (Lipinski definition) is 0. The first kappa shape index (κ1) is 15.4. The lowest BCUT2D eigenvalue weighted by molar-refractivity contribution is -0.394. The van der Waals surface area contributed by atoms with Crippen LogP contribution in [0.25, 0.3) is 0 Å². The van der Waals surface area contributed by atoms with Gasteiger partial charge in [-0.05, 0) is 31.6 Å². The number of benzene rings is 1. The van der Waals surface area contributed by atoms with E-state index in [-0.39, 0.29) is 17.1 Å². The fourth-order valence-corrected chi connectivity index (χ4v) is 3.49. The number of ether oxygens (including phenoxy) is 1. The van der Waals surface area contributed by atoms with Crippen molar-refractivity contribution in [3.05, 3.63) is 44.0 Å². The van der Waals surface area contributed by atoms with E-state index in [0.29, 0.717) is 5.92 Å². The van der Waals surface area contributed by atoms with Gasteiger partial charge in [0.15, 0.2) is 0 Å². The number of non-ortho nitro benzene ring substituents is 2. The molecule has 0 saturated heterocycles. The van der Waals surface area contributed by atoms with Crippen molar-refractivity contribution in [1.82, 2.24) is 0 Å². The third-order valence-corrected chi connectivity index (χ3v) is 5.02. The van der Waals surface area contributed by atoms with Gasteiger partial charge in [0, 0.05) is 17.5 Å². The molecule has 3 rings (SSSR count). The van der Waals surface area contributed by atoms with Gasteiger partial charge in [-0.2, -0.15) is 0 Å². The molecule has 8 heteroatoms. The molecule has 0 radical (unpaired) electrons. The van der Waals surface area contributed by atoms with Crippen molar-refractivity contribution in [3.8, 4) is 0 Å². The molecule has 23 heavy (non-hydrogen) atoms. The van der Waals surface area contributed by atoms with E-state index in [2.05, 4.69) is 6.92 Å². The van der Waals surface area contributed by atoms with Crippen molar-refractivity contribution < 1.29 is 19.4 Å². The van der Waals surface area contributed by atoms with Crippen LogP contribution in [0.4, 0.5) is 11.4 Å². The molecule has 0 aliphatic heterocycles. The van der Waals surface area contributed by atoms with Crippen LogP contribution in [0.15, 0.2) is 18.2 Å². The summed E-state index contributed by atoms with van der Waals surface area (Å²) in [6.07, 6.45) is 3.66. The maximum absolute atomic E-state index is 12.3. The topological polar surface area (TPSA) is 113 Å². The third kappa shape index (κ3) is 2.76. The highest BCUT2D eigenvalue weighted by Gasteiger charge is 2.58. The molecule has 0 N–H and O–H groups in total. The number of carbonyl (C=O) groups excluding carboxylic acids is 1. The van der Waals surface area contributed by atoms with E-state index in [9.17, 15) is 25.0 Å². The van der Waals surface area contributed by atoms with Gasteiger partial charge in [0.1, 0.15) is 6.10 Å². The Labute approximate surface area is 131 Å². The highest BCUT2D eigenvalue weighted by atomic mass is 16.6. The van der Waals surface area contributed by atoms with Crippen LogP contribution in [0, 0.1) is 31.6 Å². The summed E-state index contributed by atoms with van der Waals surface area (Å²) in [6.45, 7) is 2.07. The van der Waals surface area contributed by atoms with E-state index in [0.717, 1.165) is 43.9 Å². The minimum Gasteiger partial charge on any atom is -0.458 e. The van der Waals surface area contributed by atoms with Gasteiger partial charge in [-0.25, -0.2) is 4.79 Å². The van der Waals surface area contributed by atoms with Gasteiger partial charge in [0.05, 0.1) is 21.5 Å². The smallest absolute Gasteiger partial charge is 0.338 e. The third-order valence-electron chi connectivity index (χ3n) is 5.02. The molecule has 0 bridgehead atoms. The summed E-state index contributed by atoms with van der Waals surface area (Å²) >= 11 is 0. The summed E-state index contributed by atoms with van der Waals surface area (Å²) in [4.78, 5) is 32.5. The molecule has 2 saturated carbocycles. The van der Waals surface area contributed by atoms with Crippen LogP contribution in [0.3, 0.4) is 0 Å². The number of fused-ring (bicyclic) bond motifs is 1. The van der Waals surface area contributed by atoms with E-state index >= 15 is 0 Å². The van der Waals surface area contributed by atoms with Crippen molar-refractivity contribution in [3.63, 3.8) is 0 Å². The molecule has 0 unspecified atom stereocenters. The first-order valence-corrected chi connectivity index (χ1v) is 7.46. The largest absolute Gasteiger partial charge is 0.458 e. The molecule has 2 fully saturated rings. The van der Waals surface area contributed by atoms with Gasteiger partial charge in [-0.15, -0.1) is 0 Å². The molecule has 0 aromatic heterocycles. The fourth-order valence-electron chi connectivity index (χ4n) is 3.49. The second-order valence-corrected chi connectivity index (χ2v) is 6.48. The lowest BCUT2D eigenvalue weighted by atomic mass is 9.87. The molecular weight excluding hydrogens is 304 g/mol. The van der Waals surface area contributed by atoms with E-state index in [1.807, 2.05) is 0 Å². The van der Waals surface area contributed by atoms with E-state index < -0.39 is 27.2 Å². The number of nitrogens with zero attached hydrogens (tertiary/aromatic N) is 2. The first-order valence-electron chi connectivity index (χ1n) is 7.46. The molecule has 0 amide bonds. The summed E-state index contributed by atoms with van der Waals surface area (Å²) in [6, 6.07) is 2.87. The molecule has 0 spiro atoms. The molecule has 122 valence electrons. The Bertz CT molecular complexity index is 671. The van der Waals surface area contributed by atoms with Crippen molar-refractivity contribution in [2.75, 3.05) is 0 Å². The van der Waals surface area contributed by atoms with Crippen LogP contribution in [0.5, 0.6) is 0 Å². The Kier molecular flexibility index (Phi) is 3.54. The van der Waals surface area contributed by atoms with Gasteiger partial charge >= 0.3 is 5.97 Å². The van der Waals surface area contributed by atoms with Gasteiger partial charge in [-0.3, -0.25) is 20.2 Å². The summed E-state index contributed by atoms with van der Waals surface area (Å²) in [5, 5.41) is 21.8. The van der Waals surface area contributed by atoms with Crippen molar-refractivity contribution in [1.29, 1.82) is 0 Å². The number of nitro benzene ring substituents is 2. The molecule has 1 aromatic carbocycles. The number of rotatable bonds is 4. The van der Waals surface area contributed by atoms with Gasteiger partial charge in [0.25, 0.3) is 11.4 Å². The van der Waals surface area contributed by atoms with Crippen molar-refractivity contribution in [2.45, 2.75) is 38.7 Å². The van der Waals surface area contributed by atoms with E-state index in [4.69, 9.17) is 4.74 Å². The van der Waals surface area contributed by atoms with Crippen LogP contribution in [0.2, 0.25) is 0 Å². The summed E-state index contributed by atoms with van der Waals surface area (Å²) in [7, 11) is 0. The van der Waals surface area contributed by atoms with Crippen LogP contribution >= 0.6 is 0 Å². The predicted octanol–water partition coefficient (Wildman–Crippen LogP) is 3.24. The first-order chi connectivity index (χ1) is 10.8. The Morgan fingerprint density at radius 1 is 1.17 bits per heavy atom. The second-order valence-electron chi connectivity index (χ2n) is 6.48. The van der Waals surface area contributed by atoms with Gasteiger partial charge in [-0.1, -0.05) is 6.92 Å². The minimum absolute atomic E-state index is 0.0133. The minimum atomic E-state index is -0.761. The number of carbonyl (C=O) groups is 1. The highest BCUT2D eigenvalue weighted by molar-refractivity contribution is 5.91. The molecule has 0 heterocycles. The van der Waals surface area contributed by atoms with E-state index in [1.54, 1.807) is 0 Å². The standard InChI is InChI=1S/C15H16N2O6/c1-15-8-10(15)3-2-4-13(15)23-14(18)9-5-11(16(19)20)7-12(6-9)17(21)22/h5-7,10,13H,2-4,8H2,1H3/t10-,13+,15+/m1/s1. The predicted molar refractivity (Wildman–Crippen MR) is 79.0 cm³/mol. The highest BCUT2D eigenvalue weighted by Crippen LogP contribution is 2.61. The molecule has 3 atom stereocenters. The lowest BCUT2D eigenvalue weighted by Crippen LogP contribution is -2.30. The molecular formula is C15H16N2O6. The van der Waals surface area contributed by atoms with Crippen LogP contribution in [-0.2, 0) is 4.74 Å². The molecule has 8 nitrogen and oxygen atoms in total. The van der Waals surface area contributed by atoms with Gasteiger partial charge in [0.2, 0.25) is 0 Å². The van der Waals surface area contributed by atoms with Crippen LogP contribution in [0.1, 0.15) is 43.0 Å². The summed E-state index contributed by atoms with van der Waals surface area (Å²) in [5.74, 6) is -0.177. The van der Waals surface area contributed by atoms with Crippen molar-refractivity contribution >= 4 is 17.3 Å². The average Bonchev–Trinajstić information content (AvgIpc) is 3.19. The van der Waals surface area contributed by atoms with E-state index in [1.165, 1.54) is 0 Å². The van der Waals surface area contributed by atoms with Crippen molar-refractivity contribution in [2.24, 2.45) is 11.3 Å². The van der Waals surface area contributed by atoms with Gasteiger partial charge < -0.3 is 4.74 Å². The monoisotopic (exact) mass is 320 g/mol. The summed E-state index contributed by atoms with van der Waals surface area (Å²) < 4.78 is 5.52. The average molecular weight is 320 g/mol. The Morgan fingerprint density at radius 3 is 2.35 bits per heavy atom. The number of hydrogen-bond acceptors (Lipinski definition) is 6. The quantitative estimate of drug-likeness (QED) is 0.478. The zero-order valence-corrected chi connectivity index (χ0v) is 12.6. The zero-order chi connectivity index (χ0) is 16.8. The Morgan fingerprint density at radius 2 is 1.78 bits per heavy atom. The fraction of sp³-hybridized carbons (Fsp3) is 0.533. The molecule has 2 aliphatic carbocycles. The number of nitro groups is 2. The Hall–Kier alpha value is -2.51. The zero-order valence-electron chi connectivity index (χ0n) is 12.6. The maximum Gasteiger partial charge on any atom is 0.338 e. The van der Waals surface area contributed by atoms with Crippen LogP contribution in [-0.4, -0.2) is 21.9 Å².